The van der Waals surface area contributed by atoms with Gasteiger partial charge < -0.3 is 5.32 Å². The van der Waals surface area contributed by atoms with Crippen molar-refractivity contribution >= 4 is 29.1 Å². The largest absolute Gasteiger partial charge is 0.408 e. The SMILES string of the molecule is C[C@H](Nc1nc(N(N)c2ccccc2)nc(Cl)c1-c1c(F)cc(F)cc1F)C(F)(F)F. The predicted molar refractivity (Wildman–Crippen MR) is 104 cm³/mol. The molecule has 0 amide bonds. The Morgan fingerprint density at radius 1 is 1.00 bits per heavy atom. The molecule has 2 aromatic carbocycles. The number of hydrazine groups is 1. The predicted octanol–water partition coefficient (Wildman–Crippen LogP) is 5.59. The van der Waals surface area contributed by atoms with Crippen LogP contribution in [0.2, 0.25) is 5.15 Å². The molecule has 1 atom stereocenters. The molecular formula is C19H14ClF6N5. The van der Waals surface area contributed by atoms with Gasteiger partial charge in [-0.1, -0.05) is 29.8 Å². The van der Waals surface area contributed by atoms with Gasteiger partial charge in [-0.05, 0) is 19.1 Å². The lowest BCUT2D eigenvalue weighted by Gasteiger charge is -2.23. The van der Waals surface area contributed by atoms with E-state index in [0.29, 0.717) is 17.8 Å². The minimum absolute atomic E-state index is 0.347. The van der Waals surface area contributed by atoms with E-state index in [2.05, 4.69) is 9.97 Å². The lowest BCUT2D eigenvalue weighted by Crippen LogP contribution is -2.34. The molecule has 31 heavy (non-hydrogen) atoms. The van der Waals surface area contributed by atoms with Gasteiger partial charge in [0.15, 0.2) is 0 Å². The van der Waals surface area contributed by atoms with Crippen molar-refractivity contribution in [1.29, 1.82) is 0 Å². The van der Waals surface area contributed by atoms with E-state index in [0.717, 1.165) is 11.9 Å². The lowest BCUT2D eigenvalue weighted by atomic mass is 10.1. The van der Waals surface area contributed by atoms with Crippen LogP contribution in [0.1, 0.15) is 6.92 Å². The van der Waals surface area contributed by atoms with E-state index in [-0.39, 0.29) is 5.95 Å². The molecule has 0 bridgehead atoms. The smallest absolute Gasteiger partial charge is 0.358 e. The van der Waals surface area contributed by atoms with Crippen LogP contribution >= 0.6 is 11.6 Å². The minimum Gasteiger partial charge on any atom is -0.358 e. The Hall–Kier alpha value is -3.05. The lowest BCUT2D eigenvalue weighted by molar-refractivity contribution is -0.138. The second kappa shape index (κ2) is 8.60. The monoisotopic (exact) mass is 461 g/mol. The number of hydrogen-bond donors (Lipinski definition) is 2. The number of nitrogens with one attached hydrogen (secondary N) is 1. The molecule has 0 radical (unpaired) electrons. The average Bonchev–Trinajstić information content (AvgIpc) is 2.68. The van der Waals surface area contributed by atoms with Crippen molar-refractivity contribution in [2.75, 3.05) is 10.3 Å². The standard InChI is InChI=1S/C19H14ClF6N5/c1-9(19(24,25)26)28-17-15(14-12(22)7-10(21)8-13(14)23)16(20)29-18(30-17)31(27)11-5-3-2-4-6-11/h2-9H,27H2,1H3,(H,28,29,30)/t9-/m0/s1. The highest BCUT2D eigenvalue weighted by Gasteiger charge is 2.37. The highest BCUT2D eigenvalue weighted by atomic mass is 35.5. The summed E-state index contributed by atoms with van der Waals surface area (Å²) < 4.78 is 81.5. The molecule has 1 aromatic heterocycles. The molecular weight excluding hydrogens is 448 g/mol. The summed E-state index contributed by atoms with van der Waals surface area (Å²) in [6, 6.07) is 6.65. The zero-order valence-electron chi connectivity index (χ0n) is 15.7. The average molecular weight is 462 g/mol. The highest BCUT2D eigenvalue weighted by molar-refractivity contribution is 6.32. The first-order valence-electron chi connectivity index (χ1n) is 8.64. The Labute approximate surface area is 177 Å². The van der Waals surface area contributed by atoms with E-state index in [9.17, 15) is 26.3 Å². The van der Waals surface area contributed by atoms with E-state index >= 15 is 0 Å². The summed E-state index contributed by atoms with van der Waals surface area (Å²) in [4.78, 5) is 7.78. The maximum absolute atomic E-state index is 14.4. The molecule has 5 nitrogen and oxygen atoms in total. The normalized spacial score (nSPS) is 12.5. The zero-order chi connectivity index (χ0) is 22.9. The molecule has 0 unspecified atom stereocenters. The van der Waals surface area contributed by atoms with Crippen LogP contribution in [0.4, 0.5) is 43.8 Å². The van der Waals surface area contributed by atoms with Crippen molar-refractivity contribution in [2.45, 2.75) is 19.1 Å². The summed E-state index contributed by atoms with van der Waals surface area (Å²) in [7, 11) is 0. The summed E-state index contributed by atoms with van der Waals surface area (Å²) in [5.41, 5.74) is -1.14. The van der Waals surface area contributed by atoms with Crippen LogP contribution < -0.4 is 16.2 Å². The van der Waals surface area contributed by atoms with Crippen LogP contribution in [0.3, 0.4) is 0 Å². The van der Waals surface area contributed by atoms with Crippen molar-refractivity contribution in [3.63, 3.8) is 0 Å². The van der Waals surface area contributed by atoms with Crippen LogP contribution in [0, 0.1) is 17.5 Å². The summed E-state index contributed by atoms with van der Waals surface area (Å²) in [6.07, 6.45) is -4.73. The summed E-state index contributed by atoms with van der Waals surface area (Å²) >= 11 is 6.10. The molecule has 164 valence electrons. The number of nitrogens with two attached hydrogens (primary N) is 1. The number of para-hydroxylation sites is 1. The van der Waals surface area contributed by atoms with Crippen LogP contribution in [0.25, 0.3) is 11.1 Å². The Bertz CT molecular complexity index is 1070. The van der Waals surface area contributed by atoms with Crippen molar-refractivity contribution in [2.24, 2.45) is 5.84 Å². The van der Waals surface area contributed by atoms with E-state index < -0.39 is 51.8 Å². The van der Waals surface area contributed by atoms with Crippen LogP contribution in [0.15, 0.2) is 42.5 Å². The number of benzene rings is 2. The molecule has 0 saturated heterocycles. The molecule has 12 heteroatoms. The third kappa shape index (κ3) is 4.83. The Morgan fingerprint density at radius 2 is 1.58 bits per heavy atom. The van der Waals surface area contributed by atoms with Crippen LogP contribution in [-0.4, -0.2) is 22.2 Å². The maximum atomic E-state index is 14.4. The van der Waals surface area contributed by atoms with Crippen molar-refractivity contribution in [3.05, 3.63) is 65.1 Å². The second-order valence-corrected chi connectivity index (χ2v) is 6.75. The molecule has 0 aliphatic heterocycles. The van der Waals surface area contributed by atoms with Gasteiger partial charge in [0.1, 0.15) is 34.5 Å². The Kier molecular flexibility index (Phi) is 6.27. The maximum Gasteiger partial charge on any atom is 0.408 e. The summed E-state index contributed by atoms with van der Waals surface area (Å²) in [6.45, 7) is 0.772. The van der Waals surface area contributed by atoms with E-state index in [1.165, 1.54) is 0 Å². The first kappa shape index (κ1) is 22.6. The third-order valence-corrected chi connectivity index (χ3v) is 4.48. The van der Waals surface area contributed by atoms with E-state index in [1.54, 1.807) is 30.3 Å². The van der Waals surface area contributed by atoms with Crippen molar-refractivity contribution < 1.29 is 26.3 Å². The first-order valence-corrected chi connectivity index (χ1v) is 9.02. The van der Waals surface area contributed by atoms with Gasteiger partial charge in [0, 0.05) is 12.1 Å². The fraction of sp³-hybridized carbons (Fsp3) is 0.158. The molecule has 0 aliphatic rings. The molecule has 0 aliphatic carbocycles. The quantitative estimate of drug-likeness (QED) is 0.224. The molecule has 3 aromatic rings. The number of alkyl halides is 3. The van der Waals surface area contributed by atoms with Gasteiger partial charge in [-0.25, -0.2) is 24.0 Å². The fourth-order valence-corrected chi connectivity index (χ4v) is 2.89. The van der Waals surface area contributed by atoms with Gasteiger partial charge in [0.2, 0.25) is 5.95 Å². The fourth-order valence-electron chi connectivity index (χ4n) is 2.63. The van der Waals surface area contributed by atoms with Crippen LogP contribution in [-0.2, 0) is 0 Å². The van der Waals surface area contributed by atoms with Gasteiger partial charge in [-0.2, -0.15) is 23.1 Å². The third-order valence-electron chi connectivity index (χ3n) is 4.20. The number of halogens is 7. The van der Waals surface area contributed by atoms with Gasteiger partial charge in [-0.15, -0.1) is 0 Å². The minimum atomic E-state index is -4.73. The van der Waals surface area contributed by atoms with Gasteiger partial charge in [0.25, 0.3) is 0 Å². The molecule has 0 saturated carbocycles. The van der Waals surface area contributed by atoms with E-state index in [1.807, 2.05) is 5.32 Å². The Morgan fingerprint density at radius 3 is 2.13 bits per heavy atom. The summed E-state index contributed by atoms with van der Waals surface area (Å²) in [5.74, 6) is 0.937. The summed E-state index contributed by atoms with van der Waals surface area (Å²) in [5, 5.41) is 2.36. The number of rotatable bonds is 5. The number of aromatic nitrogens is 2. The first-order chi connectivity index (χ1) is 14.5. The topological polar surface area (TPSA) is 67.1 Å². The molecule has 3 N–H and O–H groups in total. The van der Waals surface area contributed by atoms with Gasteiger partial charge in [0.05, 0.1) is 16.8 Å². The number of nitrogens with zero attached hydrogens (tertiary/aromatic N) is 3. The van der Waals surface area contributed by atoms with Gasteiger partial charge in [-0.3, -0.25) is 0 Å². The highest BCUT2D eigenvalue weighted by Crippen LogP contribution is 2.39. The molecule has 0 spiro atoms. The van der Waals surface area contributed by atoms with E-state index in [4.69, 9.17) is 17.4 Å². The van der Waals surface area contributed by atoms with Gasteiger partial charge >= 0.3 is 6.18 Å². The van der Waals surface area contributed by atoms with Crippen molar-refractivity contribution in [3.8, 4) is 11.1 Å². The Balaban J connectivity index is 2.21. The zero-order valence-corrected chi connectivity index (χ0v) is 16.4. The van der Waals surface area contributed by atoms with Crippen molar-refractivity contribution in [1.82, 2.24) is 9.97 Å². The second-order valence-electron chi connectivity index (χ2n) is 6.40. The number of anilines is 3. The molecule has 0 fully saturated rings. The number of hydrogen-bond acceptors (Lipinski definition) is 5. The molecule has 1 heterocycles. The molecule has 3 rings (SSSR count). The van der Waals surface area contributed by atoms with Crippen LogP contribution in [0.5, 0.6) is 0 Å².